The van der Waals surface area contributed by atoms with Crippen molar-refractivity contribution in [2.45, 2.75) is 23.0 Å². The average molecular weight is 523 g/mol. The summed E-state index contributed by atoms with van der Waals surface area (Å²) >= 11 is 1.62. The van der Waals surface area contributed by atoms with E-state index in [1.807, 2.05) is 78.9 Å². The molecule has 0 saturated carbocycles. The van der Waals surface area contributed by atoms with Gasteiger partial charge in [0.25, 0.3) is 5.91 Å². The van der Waals surface area contributed by atoms with Gasteiger partial charge < -0.3 is 9.64 Å². The van der Waals surface area contributed by atoms with Crippen LogP contribution in [0, 0.1) is 0 Å². The molecule has 0 aromatic heterocycles. The van der Waals surface area contributed by atoms with Crippen LogP contribution in [0.5, 0.6) is 5.75 Å². The van der Waals surface area contributed by atoms with Gasteiger partial charge in [0, 0.05) is 18.8 Å². The molecule has 5 rings (SSSR count). The van der Waals surface area contributed by atoms with E-state index in [0.717, 1.165) is 17.5 Å². The summed E-state index contributed by atoms with van der Waals surface area (Å²) in [6.07, 6.45) is 0.733. The van der Waals surface area contributed by atoms with E-state index in [4.69, 9.17) is 4.74 Å². The molecule has 0 unspecified atom stereocenters. The van der Waals surface area contributed by atoms with Crippen LogP contribution in [0.2, 0.25) is 0 Å². The molecular formula is C32H30N2O3S. The zero-order chi connectivity index (χ0) is 26.5. The first-order chi connectivity index (χ1) is 18.5. The molecule has 0 aliphatic carbocycles. The summed E-state index contributed by atoms with van der Waals surface area (Å²) in [4.78, 5) is 31.5. The van der Waals surface area contributed by atoms with Gasteiger partial charge in [-0.2, -0.15) is 0 Å². The Morgan fingerprint density at radius 3 is 1.92 bits per heavy atom. The molecule has 5 nitrogen and oxygen atoms in total. The van der Waals surface area contributed by atoms with Crippen molar-refractivity contribution in [3.63, 3.8) is 0 Å². The van der Waals surface area contributed by atoms with E-state index in [1.165, 1.54) is 10.5 Å². The first-order valence-corrected chi connectivity index (χ1v) is 13.5. The minimum atomic E-state index is -0.861. The normalized spacial score (nSPS) is 17.9. The van der Waals surface area contributed by atoms with E-state index >= 15 is 0 Å². The molecule has 2 atom stereocenters. The predicted molar refractivity (Wildman–Crippen MR) is 153 cm³/mol. The molecule has 0 spiro atoms. The second kappa shape index (κ2) is 11.2. The van der Waals surface area contributed by atoms with E-state index < -0.39 is 4.75 Å². The lowest BCUT2D eigenvalue weighted by molar-refractivity contribution is -0.119. The number of rotatable bonds is 8. The van der Waals surface area contributed by atoms with Gasteiger partial charge in [0.2, 0.25) is 0 Å². The van der Waals surface area contributed by atoms with E-state index in [0.29, 0.717) is 18.0 Å². The highest BCUT2D eigenvalue weighted by molar-refractivity contribution is 8.09. The number of hydrogen-bond acceptors (Lipinski definition) is 4. The van der Waals surface area contributed by atoms with Crippen LogP contribution < -0.4 is 9.64 Å². The standard InChI is InChI=1S/C32H30N2O3S/c1-33(23-25-14-8-4-9-15-25)31(36)34(27-18-20-28(37-2)21-19-27)30(35)32(26-16-10-5-11-17-26)29(38-32)22-24-12-6-3-7-13-24/h3-21,29H,22-23H2,1-2H3/t29-,32+/m0/s1. The van der Waals surface area contributed by atoms with Crippen LogP contribution in [0.3, 0.4) is 0 Å². The molecule has 0 N–H and O–H groups in total. The van der Waals surface area contributed by atoms with Crippen molar-refractivity contribution in [1.29, 1.82) is 0 Å². The van der Waals surface area contributed by atoms with E-state index in [1.54, 1.807) is 55.1 Å². The third-order valence-corrected chi connectivity index (χ3v) is 8.44. The molecule has 4 aromatic rings. The van der Waals surface area contributed by atoms with Crippen molar-refractivity contribution in [3.05, 3.63) is 132 Å². The molecule has 1 aliphatic heterocycles. The van der Waals surface area contributed by atoms with Crippen LogP contribution >= 0.6 is 11.8 Å². The van der Waals surface area contributed by atoms with Crippen molar-refractivity contribution in [3.8, 4) is 5.75 Å². The Hall–Kier alpha value is -4.03. The molecule has 1 saturated heterocycles. The van der Waals surface area contributed by atoms with Crippen molar-refractivity contribution >= 4 is 29.4 Å². The van der Waals surface area contributed by atoms with Crippen LogP contribution in [0.15, 0.2) is 115 Å². The van der Waals surface area contributed by atoms with Gasteiger partial charge in [0.05, 0.1) is 12.8 Å². The second-order valence-corrected chi connectivity index (χ2v) is 10.8. The fourth-order valence-corrected chi connectivity index (χ4v) is 6.20. The fraction of sp³-hybridized carbons (Fsp3) is 0.188. The van der Waals surface area contributed by atoms with Crippen LogP contribution in [-0.4, -0.2) is 36.2 Å². The van der Waals surface area contributed by atoms with Crippen molar-refractivity contribution in [2.75, 3.05) is 19.1 Å². The number of thioether (sulfide) groups is 1. The lowest BCUT2D eigenvalue weighted by atomic mass is 9.90. The summed E-state index contributed by atoms with van der Waals surface area (Å²) in [6.45, 7) is 0.387. The van der Waals surface area contributed by atoms with Crippen molar-refractivity contribution in [2.24, 2.45) is 0 Å². The van der Waals surface area contributed by atoms with Crippen LogP contribution in [0.25, 0.3) is 0 Å². The Balaban J connectivity index is 1.52. The van der Waals surface area contributed by atoms with E-state index in [2.05, 4.69) is 12.1 Å². The molecule has 4 aromatic carbocycles. The summed E-state index contributed by atoms with van der Waals surface area (Å²) in [7, 11) is 3.33. The quantitative estimate of drug-likeness (QED) is 0.247. The molecule has 192 valence electrons. The fourth-order valence-electron chi connectivity index (χ4n) is 4.76. The van der Waals surface area contributed by atoms with Gasteiger partial charge in [-0.05, 0) is 47.4 Å². The lowest BCUT2D eigenvalue weighted by Gasteiger charge is -2.30. The molecule has 3 amide bonds. The van der Waals surface area contributed by atoms with Crippen LogP contribution in [0.1, 0.15) is 16.7 Å². The van der Waals surface area contributed by atoms with Gasteiger partial charge in [-0.15, -0.1) is 11.8 Å². The van der Waals surface area contributed by atoms with Gasteiger partial charge in [-0.3, -0.25) is 4.79 Å². The highest BCUT2D eigenvalue weighted by atomic mass is 32.2. The number of nitrogens with zero attached hydrogens (tertiary/aromatic N) is 2. The minimum Gasteiger partial charge on any atom is -0.497 e. The van der Waals surface area contributed by atoms with Gasteiger partial charge in [0.1, 0.15) is 10.5 Å². The van der Waals surface area contributed by atoms with Gasteiger partial charge in [-0.1, -0.05) is 91.0 Å². The van der Waals surface area contributed by atoms with Crippen molar-refractivity contribution < 1.29 is 14.3 Å². The number of carbonyl (C=O) groups excluding carboxylic acids is 2. The average Bonchev–Trinajstić information content (AvgIpc) is 3.69. The third kappa shape index (κ3) is 5.18. The molecule has 0 bridgehead atoms. The zero-order valence-electron chi connectivity index (χ0n) is 21.5. The highest BCUT2D eigenvalue weighted by Gasteiger charge is 2.64. The Kier molecular flexibility index (Phi) is 7.52. The van der Waals surface area contributed by atoms with Crippen LogP contribution in [-0.2, 0) is 22.5 Å². The van der Waals surface area contributed by atoms with Gasteiger partial charge in [-0.25, -0.2) is 9.69 Å². The summed E-state index contributed by atoms with van der Waals surface area (Å²) in [5.74, 6) is 0.427. The van der Waals surface area contributed by atoms with Crippen molar-refractivity contribution in [1.82, 2.24) is 4.90 Å². The molecule has 0 radical (unpaired) electrons. The Labute approximate surface area is 228 Å². The number of benzene rings is 4. The van der Waals surface area contributed by atoms with E-state index in [-0.39, 0.29) is 17.2 Å². The number of carbonyl (C=O) groups is 2. The number of anilines is 1. The maximum absolute atomic E-state index is 14.6. The van der Waals surface area contributed by atoms with E-state index in [9.17, 15) is 9.59 Å². The number of amides is 3. The topological polar surface area (TPSA) is 49.9 Å². The summed E-state index contributed by atoms with van der Waals surface area (Å²) < 4.78 is 4.46. The highest BCUT2D eigenvalue weighted by Crippen LogP contribution is 2.63. The largest absolute Gasteiger partial charge is 0.497 e. The molecule has 38 heavy (non-hydrogen) atoms. The molecule has 1 aliphatic rings. The van der Waals surface area contributed by atoms with Gasteiger partial charge in [0.15, 0.2) is 0 Å². The number of methoxy groups -OCH3 is 1. The summed E-state index contributed by atoms with van der Waals surface area (Å²) in [6, 6.07) is 36.5. The Morgan fingerprint density at radius 1 is 0.789 bits per heavy atom. The summed E-state index contributed by atoms with van der Waals surface area (Å²) in [5, 5.41) is 0.00720. The SMILES string of the molecule is COc1ccc(N(C(=O)N(C)Cc2ccccc2)C(=O)[C@]2(c3ccccc3)S[C@H]2Cc2ccccc2)cc1. The monoisotopic (exact) mass is 522 g/mol. The van der Waals surface area contributed by atoms with Gasteiger partial charge >= 0.3 is 6.03 Å². The predicted octanol–water partition coefficient (Wildman–Crippen LogP) is 6.53. The maximum Gasteiger partial charge on any atom is 0.331 e. The molecule has 1 fully saturated rings. The smallest absolute Gasteiger partial charge is 0.331 e. The molecule has 1 heterocycles. The molecular weight excluding hydrogens is 492 g/mol. The number of ether oxygens (including phenoxy) is 1. The number of urea groups is 1. The second-order valence-electron chi connectivity index (χ2n) is 9.36. The number of imide groups is 1. The third-order valence-electron chi connectivity index (χ3n) is 6.82. The van der Waals surface area contributed by atoms with Crippen LogP contribution in [0.4, 0.5) is 10.5 Å². The maximum atomic E-state index is 14.6. The zero-order valence-corrected chi connectivity index (χ0v) is 22.3. The first-order valence-electron chi connectivity index (χ1n) is 12.6. The minimum absolute atomic E-state index is 0.00720. The Bertz CT molecular complexity index is 1380. The first kappa shape index (κ1) is 25.6. The lowest BCUT2D eigenvalue weighted by Crippen LogP contribution is -2.49. The number of hydrogen-bond donors (Lipinski definition) is 0. The summed E-state index contributed by atoms with van der Waals surface area (Å²) in [5.41, 5.74) is 3.58. The molecule has 6 heteroatoms. The Morgan fingerprint density at radius 2 is 1.34 bits per heavy atom.